The van der Waals surface area contributed by atoms with Crippen LogP contribution in [-0.2, 0) is 9.84 Å². The molecule has 1 aliphatic rings. The minimum atomic E-state index is -2.80. The first-order valence-electron chi connectivity index (χ1n) is 5.38. The summed E-state index contributed by atoms with van der Waals surface area (Å²) in [5, 5.41) is 3.25. The lowest BCUT2D eigenvalue weighted by Crippen LogP contribution is -2.34. The number of rotatable bonds is 5. The molecular weight excluding hydrogens is 198 g/mol. The SMILES string of the molecule is CNC(CCS(C)(=O)=O)C1CCCC1. The number of hydrogen-bond acceptors (Lipinski definition) is 3. The highest BCUT2D eigenvalue weighted by molar-refractivity contribution is 7.90. The van der Waals surface area contributed by atoms with Crippen LogP contribution in [0.5, 0.6) is 0 Å². The van der Waals surface area contributed by atoms with Crippen LogP contribution in [0.4, 0.5) is 0 Å². The lowest BCUT2D eigenvalue weighted by molar-refractivity contribution is 0.370. The molecule has 1 atom stereocenters. The zero-order valence-electron chi connectivity index (χ0n) is 9.12. The highest BCUT2D eigenvalue weighted by Crippen LogP contribution is 2.28. The van der Waals surface area contributed by atoms with Crippen molar-refractivity contribution in [2.45, 2.75) is 38.1 Å². The first kappa shape index (κ1) is 12.0. The Hall–Kier alpha value is -0.0900. The monoisotopic (exact) mass is 219 g/mol. The average molecular weight is 219 g/mol. The van der Waals surface area contributed by atoms with Gasteiger partial charge in [-0.1, -0.05) is 12.8 Å². The molecular formula is C10H21NO2S. The van der Waals surface area contributed by atoms with E-state index in [0.717, 1.165) is 6.42 Å². The van der Waals surface area contributed by atoms with Crippen molar-refractivity contribution in [3.8, 4) is 0 Å². The van der Waals surface area contributed by atoms with Crippen molar-refractivity contribution >= 4 is 9.84 Å². The molecule has 3 nitrogen and oxygen atoms in total. The minimum Gasteiger partial charge on any atom is -0.317 e. The lowest BCUT2D eigenvalue weighted by Gasteiger charge is -2.22. The van der Waals surface area contributed by atoms with E-state index in [2.05, 4.69) is 5.32 Å². The molecule has 0 bridgehead atoms. The maximum Gasteiger partial charge on any atom is 0.147 e. The molecule has 0 radical (unpaired) electrons. The number of sulfone groups is 1. The molecule has 0 saturated heterocycles. The van der Waals surface area contributed by atoms with Crippen molar-refractivity contribution in [1.82, 2.24) is 5.32 Å². The van der Waals surface area contributed by atoms with Crippen LogP contribution in [0.2, 0.25) is 0 Å². The molecule has 84 valence electrons. The van der Waals surface area contributed by atoms with Gasteiger partial charge >= 0.3 is 0 Å². The fourth-order valence-corrected chi connectivity index (χ4v) is 3.00. The van der Waals surface area contributed by atoms with Gasteiger partial charge < -0.3 is 5.32 Å². The molecule has 0 amide bonds. The third-order valence-electron chi connectivity index (χ3n) is 3.14. The Kier molecular flexibility index (Phi) is 4.38. The van der Waals surface area contributed by atoms with Crippen molar-refractivity contribution in [2.24, 2.45) is 5.92 Å². The van der Waals surface area contributed by atoms with Crippen molar-refractivity contribution in [3.63, 3.8) is 0 Å². The van der Waals surface area contributed by atoms with E-state index in [-0.39, 0.29) is 0 Å². The Morgan fingerprint density at radius 3 is 2.36 bits per heavy atom. The Morgan fingerprint density at radius 1 is 1.36 bits per heavy atom. The fraction of sp³-hybridized carbons (Fsp3) is 1.00. The van der Waals surface area contributed by atoms with Crippen LogP contribution in [-0.4, -0.2) is 33.5 Å². The Morgan fingerprint density at radius 2 is 1.93 bits per heavy atom. The van der Waals surface area contributed by atoms with E-state index < -0.39 is 9.84 Å². The van der Waals surface area contributed by atoms with Crippen molar-refractivity contribution in [3.05, 3.63) is 0 Å². The van der Waals surface area contributed by atoms with Crippen LogP contribution in [0.3, 0.4) is 0 Å². The quantitative estimate of drug-likeness (QED) is 0.756. The van der Waals surface area contributed by atoms with Gasteiger partial charge in [0.05, 0.1) is 5.75 Å². The van der Waals surface area contributed by atoms with E-state index in [1.807, 2.05) is 7.05 Å². The molecule has 1 saturated carbocycles. The minimum absolute atomic E-state index is 0.314. The molecule has 0 aromatic rings. The van der Waals surface area contributed by atoms with Crippen LogP contribution < -0.4 is 5.32 Å². The van der Waals surface area contributed by atoms with Crippen molar-refractivity contribution < 1.29 is 8.42 Å². The summed E-state index contributed by atoms with van der Waals surface area (Å²) in [5.41, 5.74) is 0. The Labute approximate surface area is 87.2 Å². The third-order valence-corrected chi connectivity index (χ3v) is 4.12. The summed E-state index contributed by atoms with van der Waals surface area (Å²) < 4.78 is 22.1. The van der Waals surface area contributed by atoms with E-state index in [1.165, 1.54) is 31.9 Å². The molecule has 1 aliphatic carbocycles. The zero-order chi connectivity index (χ0) is 10.6. The predicted octanol–water partition coefficient (Wildman–Crippen LogP) is 1.20. The smallest absolute Gasteiger partial charge is 0.147 e. The molecule has 0 aromatic carbocycles. The van der Waals surface area contributed by atoms with Gasteiger partial charge in [0.2, 0.25) is 0 Å². The summed E-state index contributed by atoms with van der Waals surface area (Å²) in [6.45, 7) is 0. The number of hydrogen-bond donors (Lipinski definition) is 1. The first-order chi connectivity index (χ1) is 6.53. The second-order valence-corrected chi connectivity index (χ2v) is 6.62. The van der Waals surface area contributed by atoms with Gasteiger partial charge in [-0.05, 0) is 32.2 Å². The van der Waals surface area contributed by atoms with Gasteiger partial charge in [0.1, 0.15) is 9.84 Å². The fourth-order valence-electron chi connectivity index (χ4n) is 2.32. The van der Waals surface area contributed by atoms with Crippen LogP contribution in [0, 0.1) is 5.92 Å². The zero-order valence-corrected chi connectivity index (χ0v) is 9.94. The average Bonchev–Trinajstić information content (AvgIpc) is 2.56. The highest BCUT2D eigenvalue weighted by Gasteiger charge is 2.24. The van der Waals surface area contributed by atoms with Gasteiger partial charge in [0.15, 0.2) is 0 Å². The molecule has 1 rings (SSSR count). The van der Waals surface area contributed by atoms with E-state index >= 15 is 0 Å². The summed E-state index contributed by atoms with van der Waals surface area (Å²) >= 11 is 0. The van der Waals surface area contributed by atoms with E-state index in [0.29, 0.717) is 17.7 Å². The van der Waals surface area contributed by atoms with E-state index in [1.54, 1.807) is 0 Å². The van der Waals surface area contributed by atoms with Crippen LogP contribution in [0.15, 0.2) is 0 Å². The molecule has 4 heteroatoms. The third kappa shape index (κ3) is 3.96. The standard InChI is InChI=1S/C10H21NO2S/c1-11-10(7-8-14(2,12)13)9-5-3-4-6-9/h9-11H,3-8H2,1-2H3. The Bertz CT molecular complexity index is 255. The normalized spacial score (nSPS) is 21.3. The lowest BCUT2D eigenvalue weighted by atomic mass is 9.96. The largest absolute Gasteiger partial charge is 0.317 e. The van der Waals surface area contributed by atoms with E-state index in [4.69, 9.17) is 0 Å². The van der Waals surface area contributed by atoms with E-state index in [9.17, 15) is 8.42 Å². The molecule has 1 N–H and O–H groups in total. The van der Waals surface area contributed by atoms with Crippen molar-refractivity contribution in [1.29, 1.82) is 0 Å². The summed E-state index contributed by atoms with van der Waals surface area (Å²) in [6, 6.07) is 0.396. The van der Waals surface area contributed by atoms with Crippen LogP contribution in [0.25, 0.3) is 0 Å². The van der Waals surface area contributed by atoms with Crippen LogP contribution >= 0.6 is 0 Å². The molecule has 14 heavy (non-hydrogen) atoms. The molecule has 0 aromatic heterocycles. The summed E-state index contributed by atoms with van der Waals surface area (Å²) in [6.07, 6.45) is 7.21. The number of nitrogens with one attached hydrogen (secondary N) is 1. The first-order valence-corrected chi connectivity index (χ1v) is 7.44. The molecule has 0 aliphatic heterocycles. The van der Waals surface area contributed by atoms with Gasteiger partial charge in [-0.3, -0.25) is 0 Å². The predicted molar refractivity (Wildman–Crippen MR) is 59.1 cm³/mol. The van der Waals surface area contributed by atoms with Gasteiger partial charge in [-0.15, -0.1) is 0 Å². The van der Waals surface area contributed by atoms with Gasteiger partial charge in [-0.25, -0.2) is 8.42 Å². The summed E-state index contributed by atoms with van der Waals surface area (Å²) in [4.78, 5) is 0. The van der Waals surface area contributed by atoms with Gasteiger partial charge in [0, 0.05) is 12.3 Å². The van der Waals surface area contributed by atoms with Gasteiger partial charge in [0.25, 0.3) is 0 Å². The second kappa shape index (κ2) is 5.12. The van der Waals surface area contributed by atoms with Crippen LogP contribution in [0.1, 0.15) is 32.1 Å². The molecule has 0 heterocycles. The maximum absolute atomic E-state index is 11.0. The topological polar surface area (TPSA) is 46.2 Å². The van der Waals surface area contributed by atoms with Gasteiger partial charge in [-0.2, -0.15) is 0 Å². The van der Waals surface area contributed by atoms with Crippen molar-refractivity contribution in [2.75, 3.05) is 19.1 Å². The molecule has 1 unspecified atom stereocenters. The Balaban J connectivity index is 2.38. The maximum atomic E-state index is 11.0. The summed E-state index contributed by atoms with van der Waals surface area (Å²) in [5.74, 6) is 1.01. The second-order valence-electron chi connectivity index (χ2n) is 4.36. The summed E-state index contributed by atoms with van der Waals surface area (Å²) in [7, 11) is -0.863. The molecule has 1 fully saturated rings. The highest BCUT2D eigenvalue weighted by atomic mass is 32.2. The molecule has 0 spiro atoms.